The van der Waals surface area contributed by atoms with Crippen molar-refractivity contribution >= 4 is 22.9 Å². The van der Waals surface area contributed by atoms with E-state index in [9.17, 15) is 0 Å². The molecule has 0 bridgehead atoms. The Balaban J connectivity index is 2.50. The second-order valence-electron chi connectivity index (χ2n) is 2.41. The van der Waals surface area contributed by atoms with Gasteiger partial charge in [-0.05, 0) is 18.6 Å². The minimum Gasteiger partial charge on any atom is -0.329 e. The van der Waals surface area contributed by atoms with Crippen LogP contribution in [0.15, 0.2) is 12.1 Å². The maximum absolute atomic E-state index is 5.73. The van der Waals surface area contributed by atoms with Gasteiger partial charge in [-0.2, -0.15) is 0 Å². The predicted octanol–water partition coefficient (Wildman–Crippen LogP) is 1.23. The van der Waals surface area contributed by atoms with Crippen molar-refractivity contribution in [3.8, 4) is 0 Å². The summed E-state index contributed by atoms with van der Waals surface area (Å²) >= 11 is 7.29. The van der Waals surface area contributed by atoms with E-state index in [1.54, 1.807) is 11.3 Å². The first-order chi connectivity index (χ1) is 5.22. The topological polar surface area (TPSA) is 52.0 Å². The average molecular weight is 191 g/mol. The molecule has 0 amide bonds. The van der Waals surface area contributed by atoms with E-state index in [1.807, 2.05) is 12.1 Å². The monoisotopic (exact) mass is 190 g/mol. The molecule has 1 rings (SSSR count). The second kappa shape index (κ2) is 4.07. The lowest BCUT2D eigenvalue weighted by Crippen LogP contribution is -2.31. The van der Waals surface area contributed by atoms with Crippen LogP contribution in [0.4, 0.5) is 0 Å². The number of thiophene rings is 1. The van der Waals surface area contributed by atoms with Crippen molar-refractivity contribution in [3.05, 3.63) is 21.3 Å². The van der Waals surface area contributed by atoms with Crippen molar-refractivity contribution in [1.29, 1.82) is 0 Å². The summed E-state index contributed by atoms with van der Waals surface area (Å²) in [4.78, 5) is 1.20. The number of halogens is 1. The third-order valence-corrected chi connectivity index (χ3v) is 2.65. The Labute approximate surface area is 75.1 Å². The van der Waals surface area contributed by atoms with Gasteiger partial charge in [-0.1, -0.05) is 11.6 Å². The average Bonchev–Trinajstić information content (AvgIpc) is 2.35. The maximum Gasteiger partial charge on any atom is 0.0931 e. The molecular formula is C7H11ClN2S. The molecule has 4 heteroatoms. The lowest BCUT2D eigenvalue weighted by molar-refractivity contribution is 0.685. The number of hydrogen-bond donors (Lipinski definition) is 2. The molecule has 1 atom stereocenters. The van der Waals surface area contributed by atoms with E-state index in [0.717, 1.165) is 10.8 Å². The van der Waals surface area contributed by atoms with Crippen LogP contribution in [0.25, 0.3) is 0 Å². The molecule has 1 aromatic heterocycles. The lowest BCUT2D eigenvalue weighted by atomic mass is 10.2. The molecule has 0 aromatic carbocycles. The highest BCUT2D eigenvalue weighted by molar-refractivity contribution is 7.16. The highest BCUT2D eigenvalue weighted by Crippen LogP contribution is 2.21. The molecule has 0 radical (unpaired) electrons. The van der Waals surface area contributed by atoms with Gasteiger partial charge in [0, 0.05) is 17.5 Å². The first-order valence-corrected chi connectivity index (χ1v) is 4.61. The summed E-state index contributed by atoms with van der Waals surface area (Å²) in [6, 6.07) is 3.93. The maximum atomic E-state index is 5.73. The molecular weight excluding hydrogens is 180 g/mol. The summed E-state index contributed by atoms with van der Waals surface area (Å²) in [6.45, 7) is 0.523. The molecule has 11 heavy (non-hydrogen) atoms. The van der Waals surface area contributed by atoms with Gasteiger partial charge in [-0.3, -0.25) is 0 Å². The zero-order chi connectivity index (χ0) is 8.27. The van der Waals surface area contributed by atoms with Gasteiger partial charge in [0.15, 0.2) is 0 Å². The predicted molar refractivity (Wildman–Crippen MR) is 50.1 cm³/mol. The van der Waals surface area contributed by atoms with Crippen LogP contribution in [-0.2, 0) is 6.42 Å². The third-order valence-electron chi connectivity index (χ3n) is 1.39. The summed E-state index contributed by atoms with van der Waals surface area (Å²) in [5.41, 5.74) is 11.0. The zero-order valence-electron chi connectivity index (χ0n) is 6.09. The van der Waals surface area contributed by atoms with E-state index < -0.39 is 0 Å². The number of nitrogens with two attached hydrogens (primary N) is 2. The molecule has 0 aliphatic carbocycles. The number of rotatable bonds is 3. The molecule has 0 saturated heterocycles. The van der Waals surface area contributed by atoms with Gasteiger partial charge < -0.3 is 11.5 Å². The van der Waals surface area contributed by atoms with Gasteiger partial charge in [0.1, 0.15) is 0 Å². The fourth-order valence-corrected chi connectivity index (χ4v) is 1.98. The first kappa shape index (κ1) is 9.00. The van der Waals surface area contributed by atoms with E-state index in [4.69, 9.17) is 23.1 Å². The van der Waals surface area contributed by atoms with Crippen molar-refractivity contribution < 1.29 is 0 Å². The van der Waals surface area contributed by atoms with Crippen LogP contribution in [0.5, 0.6) is 0 Å². The first-order valence-electron chi connectivity index (χ1n) is 3.42. The van der Waals surface area contributed by atoms with Crippen LogP contribution < -0.4 is 11.5 Å². The molecule has 0 fully saturated rings. The van der Waals surface area contributed by atoms with Crippen LogP contribution >= 0.6 is 22.9 Å². The van der Waals surface area contributed by atoms with Crippen molar-refractivity contribution in [2.75, 3.05) is 6.54 Å². The summed E-state index contributed by atoms with van der Waals surface area (Å²) in [5, 5.41) is 0. The molecule has 0 aliphatic rings. The molecule has 4 N–H and O–H groups in total. The van der Waals surface area contributed by atoms with Crippen molar-refractivity contribution in [1.82, 2.24) is 0 Å². The minimum absolute atomic E-state index is 0.0599. The van der Waals surface area contributed by atoms with Gasteiger partial charge in [0.25, 0.3) is 0 Å². The van der Waals surface area contributed by atoms with Crippen LogP contribution in [0.1, 0.15) is 4.88 Å². The van der Waals surface area contributed by atoms with Gasteiger partial charge in [-0.15, -0.1) is 11.3 Å². The quantitative estimate of drug-likeness (QED) is 0.754. The van der Waals surface area contributed by atoms with E-state index in [2.05, 4.69) is 0 Å². The van der Waals surface area contributed by atoms with Crippen LogP contribution in [0, 0.1) is 0 Å². The van der Waals surface area contributed by atoms with Crippen molar-refractivity contribution in [3.63, 3.8) is 0 Å². The minimum atomic E-state index is 0.0599. The lowest BCUT2D eigenvalue weighted by Gasteiger charge is -2.04. The van der Waals surface area contributed by atoms with Crippen molar-refractivity contribution in [2.45, 2.75) is 12.5 Å². The van der Waals surface area contributed by atoms with Crippen LogP contribution in [0.2, 0.25) is 4.34 Å². The molecule has 0 unspecified atom stereocenters. The third kappa shape index (κ3) is 2.79. The summed E-state index contributed by atoms with van der Waals surface area (Å²) in [7, 11) is 0. The Morgan fingerprint density at radius 2 is 2.27 bits per heavy atom. The van der Waals surface area contributed by atoms with Gasteiger partial charge >= 0.3 is 0 Å². The Kier molecular flexibility index (Phi) is 3.33. The number of hydrogen-bond acceptors (Lipinski definition) is 3. The molecule has 0 aliphatic heterocycles. The zero-order valence-corrected chi connectivity index (χ0v) is 7.66. The SMILES string of the molecule is NC[C@@H](N)Cc1ccc(Cl)s1. The standard InChI is InChI=1S/C7H11ClN2S/c8-7-2-1-6(11-7)3-5(10)4-9/h1-2,5H,3-4,9-10H2/t5-/m0/s1. The van der Waals surface area contributed by atoms with E-state index in [1.165, 1.54) is 4.88 Å². The fraction of sp³-hybridized carbons (Fsp3) is 0.429. The van der Waals surface area contributed by atoms with Crippen molar-refractivity contribution in [2.24, 2.45) is 11.5 Å². The molecule has 1 aromatic rings. The van der Waals surface area contributed by atoms with E-state index in [0.29, 0.717) is 6.54 Å². The summed E-state index contributed by atoms with van der Waals surface area (Å²) in [6.07, 6.45) is 0.827. The highest BCUT2D eigenvalue weighted by atomic mass is 35.5. The molecule has 62 valence electrons. The normalized spacial score (nSPS) is 13.4. The van der Waals surface area contributed by atoms with Crippen LogP contribution in [-0.4, -0.2) is 12.6 Å². The Hall–Kier alpha value is -0.0900. The fourth-order valence-electron chi connectivity index (χ4n) is 0.803. The summed E-state index contributed by atoms with van der Waals surface area (Å²) < 4.78 is 0.809. The second-order valence-corrected chi connectivity index (χ2v) is 4.21. The Morgan fingerprint density at radius 1 is 1.55 bits per heavy atom. The van der Waals surface area contributed by atoms with E-state index in [-0.39, 0.29) is 6.04 Å². The smallest absolute Gasteiger partial charge is 0.0931 e. The van der Waals surface area contributed by atoms with E-state index >= 15 is 0 Å². The molecule has 2 nitrogen and oxygen atoms in total. The molecule has 0 spiro atoms. The largest absolute Gasteiger partial charge is 0.329 e. The summed E-state index contributed by atoms with van der Waals surface area (Å²) in [5.74, 6) is 0. The highest BCUT2D eigenvalue weighted by Gasteiger charge is 2.03. The molecule has 1 heterocycles. The molecule has 0 saturated carbocycles. The van der Waals surface area contributed by atoms with Gasteiger partial charge in [-0.25, -0.2) is 0 Å². The Bertz CT molecular complexity index is 224. The van der Waals surface area contributed by atoms with Gasteiger partial charge in [0.05, 0.1) is 4.34 Å². The Morgan fingerprint density at radius 3 is 2.73 bits per heavy atom. The van der Waals surface area contributed by atoms with Gasteiger partial charge in [0.2, 0.25) is 0 Å². The van der Waals surface area contributed by atoms with Crippen LogP contribution in [0.3, 0.4) is 0 Å².